The second-order valence-electron chi connectivity index (χ2n) is 6.04. The van der Waals surface area contributed by atoms with Crippen LogP contribution in [0.1, 0.15) is 5.56 Å². The summed E-state index contributed by atoms with van der Waals surface area (Å²) in [6.07, 6.45) is 3.04. The molecule has 27 heavy (non-hydrogen) atoms. The molecule has 0 atom stereocenters. The molecule has 1 aliphatic rings. The van der Waals surface area contributed by atoms with Crippen molar-refractivity contribution in [1.82, 2.24) is 14.5 Å². The van der Waals surface area contributed by atoms with Gasteiger partial charge in [-0.2, -0.15) is 4.31 Å². The van der Waals surface area contributed by atoms with Gasteiger partial charge >= 0.3 is 6.03 Å². The Hall–Kier alpha value is -2.71. The highest BCUT2D eigenvalue weighted by atomic mass is 32.2. The van der Waals surface area contributed by atoms with Crippen LogP contribution in [0.15, 0.2) is 65.7 Å². The van der Waals surface area contributed by atoms with E-state index in [1.807, 2.05) is 0 Å². The average molecular weight is 389 g/mol. The Morgan fingerprint density at radius 3 is 2.37 bits per heavy atom. The maximum Gasteiger partial charge on any atom is 0.321 e. The van der Waals surface area contributed by atoms with Gasteiger partial charge in [0.15, 0.2) is 0 Å². The normalized spacial score (nSPS) is 15.8. The standard InChI is InChI=1S/C19H20FN3O3S/c20-17-6-4-5-16(15-17)9-10-21-19(24)22-11-13-23(14-12-22)27(25,26)18-7-2-1-3-8-18/h1-10,15H,11-14H2,(H,21,24)/b10-9+. The fraction of sp³-hybridized carbons (Fsp3) is 0.211. The van der Waals surface area contributed by atoms with Crippen molar-refractivity contribution in [3.8, 4) is 0 Å². The molecule has 0 spiro atoms. The van der Waals surface area contributed by atoms with Crippen LogP contribution < -0.4 is 5.32 Å². The Bertz CT molecular complexity index is 924. The van der Waals surface area contributed by atoms with Crippen molar-refractivity contribution < 1.29 is 17.6 Å². The lowest BCUT2D eigenvalue weighted by Gasteiger charge is -2.33. The van der Waals surface area contributed by atoms with E-state index >= 15 is 0 Å². The van der Waals surface area contributed by atoms with Gasteiger partial charge in [0, 0.05) is 32.4 Å². The molecule has 0 bridgehead atoms. The summed E-state index contributed by atoms with van der Waals surface area (Å²) in [5, 5.41) is 2.62. The van der Waals surface area contributed by atoms with Crippen molar-refractivity contribution in [2.24, 2.45) is 0 Å². The number of carbonyl (C=O) groups excluding carboxylic acids is 1. The lowest BCUT2D eigenvalue weighted by molar-refractivity contribution is 0.175. The fourth-order valence-electron chi connectivity index (χ4n) is 2.78. The smallest absolute Gasteiger partial charge is 0.321 e. The highest BCUT2D eigenvalue weighted by Crippen LogP contribution is 2.17. The first-order valence-corrected chi connectivity index (χ1v) is 9.93. The summed E-state index contributed by atoms with van der Waals surface area (Å²) in [5.41, 5.74) is 0.633. The van der Waals surface area contributed by atoms with Gasteiger partial charge in [0.1, 0.15) is 5.82 Å². The topological polar surface area (TPSA) is 69.7 Å². The van der Waals surface area contributed by atoms with Crippen molar-refractivity contribution in [1.29, 1.82) is 0 Å². The van der Waals surface area contributed by atoms with Gasteiger partial charge in [-0.1, -0.05) is 30.3 Å². The number of amides is 2. The monoisotopic (exact) mass is 389 g/mol. The Morgan fingerprint density at radius 2 is 1.70 bits per heavy atom. The molecule has 2 amide bonds. The molecule has 2 aromatic rings. The van der Waals surface area contributed by atoms with Gasteiger partial charge in [0.05, 0.1) is 4.90 Å². The average Bonchev–Trinajstić information content (AvgIpc) is 2.69. The maximum atomic E-state index is 13.1. The van der Waals surface area contributed by atoms with E-state index in [-0.39, 0.29) is 29.8 Å². The third kappa shape index (κ3) is 4.72. The van der Waals surface area contributed by atoms with Crippen LogP contribution in [0.5, 0.6) is 0 Å². The van der Waals surface area contributed by atoms with Gasteiger partial charge in [-0.25, -0.2) is 17.6 Å². The number of urea groups is 1. The largest absolute Gasteiger partial charge is 0.322 e. The summed E-state index contributed by atoms with van der Waals surface area (Å²) in [4.78, 5) is 14.0. The number of hydrogen-bond donors (Lipinski definition) is 1. The summed E-state index contributed by atoms with van der Waals surface area (Å²) in [6, 6.07) is 13.9. The van der Waals surface area contributed by atoms with E-state index in [1.54, 1.807) is 53.4 Å². The number of nitrogens with zero attached hydrogens (tertiary/aromatic N) is 2. The third-order valence-electron chi connectivity index (χ3n) is 4.24. The number of benzene rings is 2. The fourth-order valence-corrected chi connectivity index (χ4v) is 4.23. The summed E-state index contributed by atoms with van der Waals surface area (Å²) in [7, 11) is -3.54. The van der Waals surface area contributed by atoms with E-state index in [2.05, 4.69) is 5.32 Å². The molecule has 1 saturated heterocycles. The van der Waals surface area contributed by atoms with E-state index in [0.717, 1.165) is 0 Å². The second-order valence-corrected chi connectivity index (χ2v) is 7.98. The summed E-state index contributed by atoms with van der Waals surface area (Å²) in [5.74, 6) is -0.348. The van der Waals surface area contributed by atoms with Crippen molar-refractivity contribution in [3.63, 3.8) is 0 Å². The zero-order valence-electron chi connectivity index (χ0n) is 14.6. The van der Waals surface area contributed by atoms with E-state index < -0.39 is 10.0 Å². The number of sulfonamides is 1. The van der Waals surface area contributed by atoms with Crippen LogP contribution in [0.3, 0.4) is 0 Å². The Kier molecular flexibility index (Phi) is 5.88. The van der Waals surface area contributed by atoms with Crippen LogP contribution in [-0.2, 0) is 10.0 Å². The van der Waals surface area contributed by atoms with Crippen molar-refractivity contribution in [3.05, 3.63) is 72.2 Å². The minimum atomic E-state index is -3.54. The zero-order chi connectivity index (χ0) is 19.3. The number of rotatable bonds is 4. The van der Waals surface area contributed by atoms with Crippen LogP contribution in [0.2, 0.25) is 0 Å². The summed E-state index contributed by atoms with van der Waals surface area (Å²) < 4.78 is 39.7. The van der Waals surface area contributed by atoms with Crippen LogP contribution >= 0.6 is 0 Å². The first-order valence-electron chi connectivity index (χ1n) is 8.49. The molecule has 0 aliphatic carbocycles. The molecule has 1 heterocycles. The minimum absolute atomic E-state index is 0.234. The van der Waals surface area contributed by atoms with Crippen molar-refractivity contribution in [2.45, 2.75) is 4.90 Å². The number of carbonyl (C=O) groups is 1. The predicted octanol–water partition coefficient (Wildman–Crippen LogP) is 2.51. The third-order valence-corrected chi connectivity index (χ3v) is 6.15. The first-order chi connectivity index (χ1) is 13.0. The van der Waals surface area contributed by atoms with Crippen LogP contribution in [0, 0.1) is 5.82 Å². The number of piperazine rings is 1. The molecular weight excluding hydrogens is 369 g/mol. The highest BCUT2D eigenvalue weighted by molar-refractivity contribution is 7.89. The van der Waals surface area contributed by atoms with Crippen molar-refractivity contribution >= 4 is 22.1 Å². The molecule has 8 heteroatoms. The van der Waals surface area contributed by atoms with Crippen LogP contribution in [-0.4, -0.2) is 49.8 Å². The maximum absolute atomic E-state index is 13.1. The SMILES string of the molecule is O=C(N/C=C/c1cccc(F)c1)N1CCN(S(=O)(=O)c2ccccc2)CC1. The molecule has 2 aromatic carbocycles. The predicted molar refractivity (Wildman–Crippen MR) is 101 cm³/mol. The molecule has 0 unspecified atom stereocenters. The molecule has 142 valence electrons. The lowest BCUT2D eigenvalue weighted by atomic mass is 10.2. The van der Waals surface area contributed by atoms with Gasteiger partial charge in [0.2, 0.25) is 10.0 Å². The van der Waals surface area contributed by atoms with Crippen LogP contribution in [0.4, 0.5) is 9.18 Å². The van der Waals surface area contributed by atoms with Gasteiger partial charge in [-0.15, -0.1) is 0 Å². The van der Waals surface area contributed by atoms with Gasteiger partial charge in [-0.3, -0.25) is 0 Å². The Balaban J connectivity index is 1.53. The quantitative estimate of drug-likeness (QED) is 0.874. The first kappa shape index (κ1) is 19.1. The Labute approximate surface area is 158 Å². The zero-order valence-corrected chi connectivity index (χ0v) is 15.4. The molecule has 1 fully saturated rings. The second kappa shape index (κ2) is 8.32. The van der Waals surface area contributed by atoms with Crippen LogP contribution in [0.25, 0.3) is 6.08 Å². The van der Waals surface area contributed by atoms with Gasteiger partial charge < -0.3 is 10.2 Å². The minimum Gasteiger partial charge on any atom is -0.322 e. The van der Waals surface area contributed by atoms with Crippen molar-refractivity contribution in [2.75, 3.05) is 26.2 Å². The molecule has 1 N–H and O–H groups in total. The van der Waals surface area contributed by atoms with E-state index in [1.165, 1.54) is 22.6 Å². The van der Waals surface area contributed by atoms with Gasteiger partial charge in [0.25, 0.3) is 0 Å². The van der Waals surface area contributed by atoms with E-state index in [0.29, 0.717) is 18.7 Å². The number of hydrogen-bond acceptors (Lipinski definition) is 3. The molecule has 1 aliphatic heterocycles. The molecule has 3 rings (SSSR count). The molecule has 0 saturated carbocycles. The molecule has 0 aromatic heterocycles. The Morgan fingerprint density at radius 1 is 1.00 bits per heavy atom. The van der Waals surface area contributed by atoms with Gasteiger partial charge in [-0.05, 0) is 35.9 Å². The number of halogens is 1. The lowest BCUT2D eigenvalue weighted by Crippen LogP contribution is -2.52. The highest BCUT2D eigenvalue weighted by Gasteiger charge is 2.29. The van der Waals surface area contributed by atoms with E-state index in [4.69, 9.17) is 0 Å². The summed E-state index contributed by atoms with van der Waals surface area (Å²) >= 11 is 0. The summed E-state index contributed by atoms with van der Waals surface area (Å²) in [6.45, 7) is 1.06. The molecule has 6 nitrogen and oxygen atoms in total. The molecule has 0 radical (unpaired) electrons. The molecular formula is C19H20FN3O3S. The number of nitrogens with one attached hydrogen (secondary N) is 1. The van der Waals surface area contributed by atoms with E-state index in [9.17, 15) is 17.6 Å².